The molecule has 9 heteroatoms. The van der Waals surface area contributed by atoms with Gasteiger partial charge in [-0.25, -0.2) is 13.4 Å². The molecule has 1 aliphatic heterocycles. The van der Waals surface area contributed by atoms with Gasteiger partial charge in [0.2, 0.25) is 14.9 Å². The van der Waals surface area contributed by atoms with Crippen molar-refractivity contribution in [3.8, 4) is 0 Å². The maximum Gasteiger partial charge on any atom is 0.229 e. The van der Waals surface area contributed by atoms with Crippen molar-refractivity contribution in [2.24, 2.45) is 5.92 Å². The molecule has 156 valence electrons. The number of fused-ring (bicyclic) bond motifs is 3. The normalized spacial score (nSPS) is 17.8. The van der Waals surface area contributed by atoms with Gasteiger partial charge < -0.3 is 4.90 Å². The van der Waals surface area contributed by atoms with Gasteiger partial charge in [0.1, 0.15) is 0 Å². The van der Waals surface area contributed by atoms with Crippen molar-refractivity contribution in [1.82, 2.24) is 19.8 Å². The first-order chi connectivity index (χ1) is 14.5. The standard InChI is InChI=1S/C21H23N5O2S2/c1-3-15-6-8-16(9-7-15)30(27,28)21-20-22-19(25-11-4-5-14(2)13-25)18-17(10-12-29-18)26(20)24-23-21/h6-10,12,14H,3-5,11,13H2,1-2H3/t14-/m0/s1. The van der Waals surface area contributed by atoms with Crippen molar-refractivity contribution < 1.29 is 8.42 Å². The fourth-order valence-electron chi connectivity index (χ4n) is 4.09. The van der Waals surface area contributed by atoms with Crippen molar-refractivity contribution in [2.75, 3.05) is 18.0 Å². The highest BCUT2D eigenvalue weighted by atomic mass is 32.2. The van der Waals surface area contributed by atoms with Crippen LogP contribution in [0.5, 0.6) is 0 Å². The predicted molar refractivity (Wildman–Crippen MR) is 118 cm³/mol. The average Bonchev–Trinajstić information content (AvgIpc) is 3.40. The molecule has 0 unspecified atom stereocenters. The summed E-state index contributed by atoms with van der Waals surface area (Å²) in [7, 11) is -3.83. The number of aromatic nitrogens is 4. The second-order valence-corrected chi connectivity index (χ2v) is 10.7. The number of piperidine rings is 1. The van der Waals surface area contributed by atoms with Crippen LogP contribution in [-0.2, 0) is 16.3 Å². The van der Waals surface area contributed by atoms with Crippen LogP contribution in [0.3, 0.4) is 0 Å². The number of anilines is 1. The largest absolute Gasteiger partial charge is 0.355 e. The van der Waals surface area contributed by atoms with E-state index in [0.29, 0.717) is 5.92 Å². The highest BCUT2D eigenvalue weighted by Crippen LogP contribution is 2.34. The zero-order valence-electron chi connectivity index (χ0n) is 16.9. The smallest absolute Gasteiger partial charge is 0.229 e. The number of hydrogen-bond donors (Lipinski definition) is 0. The fourth-order valence-corrected chi connectivity index (χ4v) is 6.22. The molecule has 0 N–H and O–H groups in total. The number of sulfone groups is 1. The molecule has 1 fully saturated rings. The van der Waals surface area contributed by atoms with Crippen LogP contribution >= 0.6 is 11.3 Å². The lowest BCUT2D eigenvalue weighted by Gasteiger charge is -2.32. The third-order valence-corrected chi connectivity index (χ3v) is 8.32. The Balaban J connectivity index is 1.69. The first-order valence-electron chi connectivity index (χ1n) is 10.2. The van der Waals surface area contributed by atoms with E-state index in [0.717, 1.165) is 47.5 Å². The van der Waals surface area contributed by atoms with E-state index >= 15 is 0 Å². The second-order valence-electron chi connectivity index (χ2n) is 7.89. The molecule has 0 radical (unpaired) electrons. The lowest BCUT2D eigenvalue weighted by molar-refractivity contribution is 0.445. The first-order valence-corrected chi connectivity index (χ1v) is 12.6. The van der Waals surface area contributed by atoms with Gasteiger partial charge in [0, 0.05) is 13.1 Å². The quantitative estimate of drug-likeness (QED) is 0.477. The number of aryl methyl sites for hydroxylation is 1. The van der Waals surface area contributed by atoms with Gasteiger partial charge in [0.25, 0.3) is 0 Å². The van der Waals surface area contributed by atoms with Crippen molar-refractivity contribution in [3.05, 3.63) is 41.3 Å². The summed E-state index contributed by atoms with van der Waals surface area (Å²) < 4.78 is 29.3. The van der Waals surface area contributed by atoms with E-state index in [4.69, 9.17) is 4.98 Å². The van der Waals surface area contributed by atoms with Crippen LogP contribution in [0.25, 0.3) is 15.9 Å². The Morgan fingerprint density at radius 2 is 2.00 bits per heavy atom. The van der Waals surface area contributed by atoms with E-state index in [-0.39, 0.29) is 15.6 Å². The molecule has 7 nitrogen and oxygen atoms in total. The molecule has 5 rings (SSSR count). The molecule has 1 aliphatic rings. The Bertz CT molecular complexity index is 1320. The van der Waals surface area contributed by atoms with Gasteiger partial charge >= 0.3 is 0 Å². The number of rotatable bonds is 4. The number of hydrogen-bond acceptors (Lipinski definition) is 7. The zero-order valence-corrected chi connectivity index (χ0v) is 18.6. The van der Waals surface area contributed by atoms with Crippen molar-refractivity contribution in [3.63, 3.8) is 0 Å². The molecular formula is C21H23N5O2S2. The van der Waals surface area contributed by atoms with Crippen LogP contribution in [0.15, 0.2) is 45.6 Å². The van der Waals surface area contributed by atoms with Crippen LogP contribution in [0.2, 0.25) is 0 Å². The molecule has 1 atom stereocenters. The van der Waals surface area contributed by atoms with Crippen molar-refractivity contribution in [2.45, 2.75) is 43.0 Å². The lowest BCUT2D eigenvalue weighted by atomic mass is 10.0. The summed E-state index contributed by atoms with van der Waals surface area (Å²) in [6.07, 6.45) is 3.16. The van der Waals surface area contributed by atoms with Gasteiger partial charge in [0.05, 0.1) is 15.1 Å². The predicted octanol–water partition coefficient (Wildman–Crippen LogP) is 3.97. The summed E-state index contributed by atoms with van der Waals surface area (Å²) in [5.41, 5.74) is 2.21. The highest BCUT2D eigenvalue weighted by molar-refractivity contribution is 7.91. The van der Waals surface area contributed by atoms with Crippen LogP contribution < -0.4 is 4.90 Å². The number of thiophene rings is 1. The van der Waals surface area contributed by atoms with E-state index in [1.807, 2.05) is 30.5 Å². The molecule has 0 saturated carbocycles. The molecule has 30 heavy (non-hydrogen) atoms. The molecule has 4 heterocycles. The summed E-state index contributed by atoms with van der Waals surface area (Å²) >= 11 is 1.60. The first kappa shape index (κ1) is 19.4. The Morgan fingerprint density at radius 1 is 1.20 bits per heavy atom. The molecule has 0 bridgehead atoms. The maximum atomic E-state index is 13.4. The van der Waals surface area contributed by atoms with E-state index in [2.05, 4.69) is 22.1 Å². The Hall–Kier alpha value is -2.52. The molecular weight excluding hydrogens is 418 g/mol. The van der Waals surface area contributed by atoms with Gasteiger partial charge in [-0.1, -0.05) is 31.2 Å². The van der Waals surface area contributed by atoms with Crippen LogP contribution in [0.1, 0.15) is 32.3 Å². The zero-order chi connectivity index (χ0) is 20.9. The van der Waals surface area contributed by atoms with E-state index in [1.54, 1.807) is 28.0 Å². The summed E-state index contributed by atoms with van der Waals surface area (Å²) in [5, 5.41) is 10.1. The Labute approximate surface area is 179 Å². The molecule has 3 aromatic heterocycles. The van der Waals surface area contributed by atoms with E-state index in [9.17, 15) is 8.42 Å². The van der Waals surface area contributed by atoms with Gasteiger partial charge in [0.15, 0.2) is 11.5 Å². The van der Waals surface area contributed by atoms with Gasteiger partial charge in [-0.15, -0.1) is 16.4 Å². The summed E-state index contributed by atoms with van der Waals surface area (Å²) in [5.74, 6) is 1.41. The molecule has 0 aliphatic carbocycles. The molecule has 0 spiro atoms. The van der Waals surface area contributed by atoms with Crippen molar-refractivity contribution >= 4 is 42.9 Å². The minimum Gasteiger partial charge on any atom is -0.355 e. The second kappa shape index (κ2) is 7.31. The number of benzene rings is 1. The summed E-state index contributed by atoms with van der Waals surface area (Å²) in [4.78, 5) is 7.30. The molecule has 4 aromatic rings. The van der Waals surface area contributed by atoms with Crippen LogP contribution in [-0.4, -0.2) is 41.3 Å². The average molecular weight is 442 g/mol. The lowest BCUT2D eigenvalue weighted by Crippen LogP contribution is -2.35. The molecule has 0 amide bonds. The summed E-state index contributed by atoms with van der Waals surface area (Å²) in [6, 6.07) is 8.89. The third kappa shape index (κ3) is 3.07. The molecule has 1 saturated heterocycles. The van der Waals surface area contributed by atoms with Gasteiger partial charge in [-0.2, -0.15) is 4.52 Å². The SMILES string of the molecule is CCc1ccc(S(=O)(=O)c2nnn3c2nc(N2CCC[C@H](C)C2)c2sccc23)cc1. The van der Waals surface area contributed by atoms with Crippen LogP contribution in [0, 0.1) is 5.92 Å². The van der Waals surface area contributed by atoms with E-state index in [1.165, 1.54) is 6.42 Å². The number of nitrogens with zero attached hydrogens (tertiary/aromatic N) is 5. The fraction of sp³-hybridized carbons (Fsp3) is 0.381. The van der Waals surface area contributed by atoms with Gasteiger partial charge in [-0.3, -0.25) is 0 Å². The Morgan fingerprint density at radius 3 is 2.73 bits per heavy atom. The minimum absolute atomic E-state index is 0.0915. The van der Waals surface area contributed by atoms with Crippen molar-refractivity contribution in [1.29, 1.82) is 0 Å². The van der Waals surface area contributed by atoms with E-state index < -0.39 is 9.84 Å². The maximum absolute atomic E-state index is 13.4. The van der Waals surface area contributed by atoms with Crippen LogP contribution in [0.4, 0.5) is 5.82 Å². The monoisotopic (exact) mass is 441 g/mol. The molecule has 1 aromatic carbocycles. The Kier molecular flexibility index (Phi) is 4.74. The summed E-state index contributed by atoms with van der Waals surface area (Å²) in [6.45, 7) is 6.11. The third-order valence-electron chi connectivity index (χ3n) is 5.76. The van der Waals surface area contributed by atoms with Gasteiger partial charge in [-0.05, 0) is 54.3 Å². The minimum atomic E-state index is -3.83. The highest BCUT2D eigenvalue weighted by Gasteiger charge is 2.29. The topological polar surface area (TPSA) is 80.5 Å².